The fourth-order valence-electron chi connectivity index (χ4n) is 4.16. The van der Waals surface area contributed by atoms with Crippen molar-refractivity contribution in [3.63, 3.8) is 0 Å². The predicted octanol–water partition coefficient (Wildman–Crippen LogP) is 5.33. The van der Waals surface area contributed by atoms with E-state index in [9.17, 15) is 9.59 Å². The van der Waals surface area contributed by atoms with Gasteiger partial charge in [0.1, 0.15) is 12.4 Å². The van der Waals surface area contributed by atoms with Gasteiger partial charge in [-0.1, -0.05) is 48.5 Å². The van der Waals surface area contributed by atoms with Crippen LogP contribution in [0.25, 0.3) is 22.3 Å². The number of hydrogen-bond acceptors (Lipinski definition) is 6. The van der Waals surface area contributed by atoms with Crippen LogP contribution in [0.3, 0.4) is 0 Å². The molecule has 38 heavy (non-hydrogen) atoms. The van der Waals surface area contributed by atoms with Crippen molar-refractivity contribution < 1.29 is 18.7 Å². The number of nitrogens with zero attached hydrogens (tertiary/aromatic N) is 1. The summed E-state index contributed by atoms with van der Waals surface area (Å²) < 4.78 is 17.3. The largest absolute Gasteiger partial charge is 0.493 e. The van der Waals surface area contributed by atoms with Gasteiger partial charge in [0.05, 0.1) is 18.1 Å². The molecule has 4 aromatic rings. The van der Waals surface area contributed by atoms with Gasteiger partial charge in [-0.15, -0.1) is 12.4 Å². The third-order valence-electron chi connectivity index (χ3n) is 6.23. The molecule has 0 atom stereocenters. The predicted molar refractivity (Wildman–Crippen MR) is 153 cm³/mol. The Hall–Kier alpha value is -3.81. The summed E-state index contributed by atoms with van der Waals surface area (Å²) in [4.78, 5) is 28.2. The van der Waals surface area contributed by atoms with Crippen molar-refractivity contribution in [2.24, 2.45) is 0 Å². The molecule has 1 amide bonds. The van der Waals surface area contributed by atoms with Gasteiger partial charge in [0, 0.05) is 24.2 Å². The molecule has 0 saturated heterocycles. The van der Waals surface area contributed by atoms with Crippen molar-refractivity contribution in [3.8, 4) is 22.8 Å². The van der Waals surface area contributed by atoms with Crippen molar-refractivity contribution in [2.45, 2.75) is 13.3 Å². The number of amides is 1. The van der Waals surface area contributed by atoms with E-state index in [4.69, 9.17) is 13.9 Å². The van der Waals surface area contributed by atoms with Crippen molar-refractivity contribution in [2.75, 3.05) is 40.4 Å². The maximum atomic E-state index is 13.0. The Bertz CT molecular complexity index is 1420. The van der Waals surface area contributed by atoms with Crippen LogP contribution in [0.4, 0.5) is 0 Å². The highest BCUT2D eigenvalue weighted by Crippen LogP contribution is 2.27. The summed E-state index contributed by atoms with van der Waals surface area (Å²) in [6, 6.07) is 22.1. The summed E-state index contributed by atoms with van der Waals surface area (Å²) in [5.74, 6) is 1.65. The van der Waals surface area contributed by atoms with Crippen LogP contribution in [0, 0.1) is 6.92 Å². The maximum Gasteiger partial charge on any atom is 0.255 e. The minimum absolute atomic E-state index is 0. The highest BCUT2D eigenvalue weighted by atomic mass is 35.5. The summed E-state index contributed by atoms with van der Waals surface area (Å²) in [6.45, 7) is 4.30. The highest BCUT2D eigenvalue weighted by molar-refractivity contribution is 6.05. The molecule has 0 fully saturated rings. The molecular formula is C30H33ClN2O5. The first-order valence-electron chi connectivity index (χ1n) is 12.3. The summed E-state index contributed by atoms with van der Waals surface area (Å²) >= 11 is 0. The zero-order chi connectivity index (χ0) is 26.2. The van der Waals surface area contributed by atoms with Crippen LogP contribution in [0.5, 0.6) is 11.5 Å². The van der Waals surface area contributed by atoms with E-state index in [2.05, 4.69) is 10.2 Å². The van der Waals surface area contributed by atoms with Gasteiger partial charge in [0.25, 0.3) is 5.91 Å². The molecule has 0 aliphatic rings. The minimum atomic E-state index is -0.265. The number of likely N-dealkylation sites (N-methyl/N-ethyl adjacent to an activating group) is 1. The third-order valence-corrected chi connectivity index (χ3v) is 6.23. The monoisotopic (exact) mass is 536 g/mol. The molecule has 1 aromatic heterocycles. The van der Waals surface area contributed by atoms with Crippen LogP contribution >= 0.6 is 12.4 Å². The fraction of sp³-hybridized carbons (Fsp3) is 0.267. The van der Waals surface area contributed by atoms with E-state index in [0.29, 0.717) is 46.8 Å². The maximum absolute atomic E-state index is 13.0. The van der Waals surface area contributed by atoms with Crippen LogP contribution in [-0.2, 0) is 0 Å². The number of methoxy groups -OCH3 is 1. The Morgan fingerprint density at radius 3 is 2.39 bits per heavy atom. The second kappa shape index (κ2) is 13.7. The number of fused-ring (bicyclic) bond motifs is 1. The third kappa shape index (κ3) is 6.73. The highest BCUT2D eigenvalue weighted by Gasteiger charge is 2.18. The zero-order valence-electron chi connectivity index (χ0n) is 21.9. The Morgan fingerprint density at radius 2 is 1.66 bits per heavy atom. The van der Waals surface area contributed by atoms with Crippen LogP contribution in [0.2, 0.25) is 0 Å². The van der Waals surface area contributed by atoms with Crippen molar-refractivity contribution in [1.82, 2.24) is 10.2 Å². The smallest absolute Gasteiger partial charge is 0.255 e. The second-order valence-electron chi connectivity index (χ2n) is 8.85. The fourth-order valence-corrected chi connectivity index (χ4v) is 4.16. The summed E-state index contributed by atoms with van der Waals surface area (Å²) in [5.41, 5.74) is 1.85. The molecule has 0 aliphatic heterocycles. The van der Waals surface area contributed by atoms with E-state index in [-0.39, 0.29) is 23.7 Å². The lowest BCUT2D eigenvalue weighted by atomic mass is 10.0. The quantitative estimate of drug-likeness (QED) is 0.261. The average molecular weight is 537 g/mol. The van der Waals surface area contributed by atoms with Gasteiger partial charge in [-0.05, 0) is 51.2 Å². The van der Waals surface area contributed by atoms with Crippen molar-refractivity contribution >= 4 is 29.3 Å². The number of ether oxygens (including phenoxy) is 2. The van der Waals surface area contributed by atoms with Gasteiger partial charge in [-0.3, -0.25) is 9.59 Å². The number of halogens is 1. The lowest BCUT2D eigenvalue weighted by Gasteiger charge is -2.18. The van der Waals surface area contributed by atoms with E-state index in [0.717, 1.165) is 30.8 Å². The molecule has 0 saturated carbocycles. The number of hydrogen-bond donors (Lipinski definition) is 1. The Balaban J connectivity index is 0.00000400. The Morgan fingerprint density at radius 1 is 0.947 bits per heavy atom. The molecule has 0 spiro atoms. The van der Waals surface area contributed by atoms with Crippen LogP contribution in [0.15, 0.2) is 82.0 Å². The molecule has 0 radical (unpaired) electrons. The van der Waals surface area contributed by atoms with E-state index < -0.39 is 0 Å². The average Bonchev–Trinajstić information content (AvgIpc) is 2.93. The Labute approximate surface area is 228 Å². The van der Waals surface area contributed by atoms with Gasteiger partial charge in [0.15, 0.2) is 22.5 Å². The molecule has 1 heterocycles. The van der Waals surface area contributed by atoms with Gasteiger partial charge in [0.2, 0.25) is 0 Å². The number of nitrogens with one attached hydrogen (secondary N) is 1. The van der Waals surface area contributed by atoms with Gasteiger partial charge < -0.3 is 24.1 Å². The summed E-state index contributed by atoms with van der Waals surface area (Å²) in [6.07, 6.45) is 0.764. The normalized spacial score (nSPS) is 10.7. The second-order valence-corrected chi connectivity index (χ2v) is 8.85. The van der Waals surface area contributed by atoms with Crippen LogP contribution < -0.4 is 20.2 Å². The van der Waals surface area contributed by atoms with E-state index in [1.165, 1.54) is 0 Å². The standard InChI is InChI=1S/C30H32N2O5.ClH/c1-21-27(33)23-13-9-14-24(29(23)37-28(21)22-11-5-4-6-12-22)30(34)31-17-10-18-32(2)19-20-36-26-16-8-7-15-25(26)35-3;/h4-9,11-16H,10,17-20H2,1-3H3,(H,31,34);1H. The van der Waals surface area contributed by atoms with Gasteiger partial charge in [-0.2, -0.15) is 0 Å². The zero-order valence-corrected chi connectivity index (χ0v) is 22.7. The first-order chi connectivity index (χ1) is 18.0. The number of rotatable bonds is 11. The molecule has 4 rings (SSSR count). The summed E-state index contributed by atoms with van der Waals surface area (Å²) in [7, 11) is 3.64. The molecule has 200 valence electrons. The molecule has 3 aromatic carbocycles. The van der Waals surface area contributed by atoms with Crippen molar-refractivity contribution in [3.05, 3.63) is 94.1 Å². The molecule has 7 nitrogen and oxygen atoms in total. The Kier molecular flexibility index (Phi) is 10.3. The molecule has 0 unspecified atom stereocenters. The summed E-state index contributed by atoms with van der Waals surface area (Å²) in [5, 5.41) is 3.36. The molecule has 0 aliphatic carbocycles. The van der Waals surface area contributed by atoms with E-state index in [1.54, 1.807) is 32.2 Å². The lowest BCUT2D eigenvalue weighted by Crippen LogP contribution is -2.30. The number of carbonyl (C=O) groups excluding carboxylic acids is 1. The van der Waals surface area contributed by atoms with E-state index >= 15 is 0 Å². The van der Waals surface area contributed by atoms with Crippen LogP contribution in [-0.4, -0.2) is 51.2 Å². The minimum Gasteiger partial charge on any atom is -0.493 e. The van der Waals surface area contributed by atoms with Crippen molar-refractivity contribution in [1.29, 1.82) is 0 Å². The SMILES string of the molecule is COc1ccccc1OCCN(C)CCCNC(=O)c1cccc2c(=O)c(C)c(-c3ccccc3)oc12.Cl. The molecule has 1 N–H and O–H groups in total. The lowest BCUT2D eigenvalue weighted by molar-refractivity contribution is 0.0952. The first kappa shape index (κ1) is 28.8. The van der Waals surface area contributed by atoms with Gasteiger partial charge in [-0.25, -0.2) is 0 Å². The molecular weight excluding hydrogens is 504 g/mol. The number of para-hydroxylation sites is 3. The van der Waals surface area contributed by atoms with Gasteiger partial charge >= 0.3 is 0 Å². The number of benzene rings is 3. The molecule has 0 bridgehead atoms. The first-order valence-corrected chi connectivity index (χ1v) is 12.3. The topological polar surface area (TPSA) is 81.0 Å². The molecule has 8 heteroatoms. The van der Waals surface area contributed by atoms with E-state index in [1.807, 2.05) is 61.6 Å². The van der Waals surface area contributed by atoms with Crippen LogP contribution in [0.1, 0.15) is 22.3 Å². The number of carbonyl (C=O) groups is 1.